The number of rotatable bonds is 6. The summed E-state index contributed by atoms with van der Waals surface area (Å²) in [7, 11) is -3.58. The lowest BCUT2D eigenvalue weighted by atomic mass is 9.97. The number of benzene rings is 2. The minimum atomic E-state index is -3.58. The van der Waals surface area contributed by atoms with E-state index in [1.165, 1.54) is 4.31 Å². The van der Waals surface area contributed by atoms with Gasteiger partial charge in [-0.25, -0.2) is 8.42 Å². The first-order valence-electron chi connectivity index (χ1n) is 10.6. The number of piperidine rings is 1. The first kappa shape index (κ1) is 23.5. The molecule has 0 aliphatic carbocycles. The van der Waals surface area contributed by atoms with Crippen molar-refractivity contribution >= 4 is 33.7 Å². The SMILES string of the molecule is CSc1ccc(S(=O)(=O)N2CCC(C(=O)Nc3nnc(-c4cc(C)ccc4C)o3)CC2)cc1. The Kier molecular flexibility index (Phi) is 6.87. The molecule has 4 rings (SSSR count). The van der Waals surface area contributed by atoms with E-state index in [1.54, 1.807) is 36.0 Å². The lowest BCUT2D eigenvalue weighted by Gasteiger charge is -2.30. The van der Waals surface area contributed by atoms with Gasteiger partial charge in [-0.2, -0.15) is 4.31 Å². The second-order valence-electron chi connectivity index (χ2n) is 8.07. The highest BCUT2D eigenvalue weighted by molar-refractivity contribution is 7.98. The van der Waals surface area contributed by atoms with Gasteiger partial charge in [-0.3, -0.25) is 10.1 Å². The molecule has 3 aromatic rings. The third kappa shape index (κ3) is 5.13. The number of sulfonamides is 1. The van der Waals surface area contributed by atoms with E-state index in [9.17, 15) is 13.2 Å². The number of aryl methyl sites for hydroxylation is 2. The van der Waals surface area contributed by atoms with E-state index < -0.39 is 10.0 Å². The number of carbonyl (C=O) groups excluding carboxylic acids is 1. The van der Waals surface area contributed by atoms with Gasteiger partial charge < -0.3 is 4.42 Å². The Morgan fingerprint density at radius 1 is 1.09 bits per heavy atom. The predicted octanol–water partition coefficient (Wildman–Crippen LogP) is 4.11. The summed E-state index contributed by atoms with van der Waals surface area (Å²) >= 11 is 1.56. The minimum absolute atomic E-state index is 0.0415. The van der Waals surface area contributed by atoms with Gasteiger partial charge in [-0.1, -0.05) is 22.8 Å². The van der Waals surface area contributed by atoms with Crippen LogP contribution < -0.4 is 5.32 Å². The van der Waals surface area contributed by atoms with Gasteiger partial charge in [-0.15, -0.1) is 16.9 Å². The average Bonchev–Trinajstić information content (AvgIpc) is 3.29. The summed E-state index contributed by atoms with van der Waals surface area (Å²) in [4.78, 5) is 14.0. The maximum atomic E-state index is 12.9. The van der Waals surface area contributed by atoms with Crippen molar-refractivity contribution in [2.75, 3.05) is 24.7 Å². The lowest BCUT2D eigenvalue weighted by Crippen LogP contribution is -2.41. The van der Waals surface area contributed by atoms with Crippen molar-refractivity contribution in [3.8, 4) is 11.5 Å². The highest BCUT2D eigenvalue weighted by Gasteiger charge is 2.32. The number of carbonyl (C=O) groups is 1. The molecule has 33 heavy (non-hydrogen) atoms. The number of amides is 1. The van der Waals surface area contributed by atoms with Gasteiger partial charge in [0.1, 0.15) is 0 Å². The Morgan fingerprint density at radius 2 is 1.79 bits per heavy atom. The molecule has 1 aliphatic rings. The number of hydrogen-bond donors (Lipinski definition) is 1. The van der Waals surface area contributed by atoms with Gasteiger partial charge in [-0.05, 0) is 68.8 Å². The Morgan fingerprint density at radius 3 is 2.45 bits per heavy atom. The molecule has 2 aromatic carbocycles. The maximum Gasteiger partial charge on any atom is 0.322 e. The molecule has 2 heterocycles. The minimum Gasteiger partial charge on any atom is -0.403 e. The fourth-order valence-corrected chi connectivity index (χ4v) is 5.69. The molecule has 10 heteroatoms. The smallest absolute Gasteiger partial charge is 0.322 e. The van der Waals surface area contributed by atoms with E-state index in [0.29, 0.717) is 18.7 Å². The number of nitrogens with zero attached hydrogens (tertiary/aromatic N) is 3. The van der Waals surface area contributed by atoms with E-state index in [0.717, 1.165) is 21.6 Å². The summed E-state index contributed by atoms with van der Waals surface area (Å²) in [6, 6.07) is 12.8. The van der Waals surface area contributed by atoms with Gasteiger partial charge >= 0.3 is 6.01 Å². The fraction of sp³-hybridized carbons (Fsp3) is 0.348. The molecule has 0 saturated carbocycles. The number of aromatic nitrogens is 2. The van der Waals surface area contributed by atoms with Gasteiger partial charge in [0.15, 0.2) is 0 Å². The molecule has 1 fully saturated rings. The normalized spacial score (nSPS) is 15.5. The van der Waals surface area contributed by atoms with Crippen LogP contribution in [-0.4, -0.2) is 48.2 Å². The highest BCUT2D eigenvalue weighted by atomic mass is 32.2. The van der Waals surface area contributed by atoms with E-state index in [1.807, 2.05) is 38.3 Å². The molecule has 0 unspecified atom stereocenters. The molecule has 1 saturated heterocycles. The van der Waals surface area contributed by atoms with Crippen molar-refractivity contribution in [2.24, 2.45) is 5.92 Å². The number of anilines is 1. The van der Waals surface area contributed by atoms with Crippen LogP contribution in [0.15, 0.2) is 56.7 Å². The van der Waals surface area contributed by atoms with E-state index >= 15 is 0 Å². The van der Waals surface area contributed by atoms with Crippen molar-refractivity contribution in [1.29, 1.82) is 0 Å². The van der Waals surface area contributed by atoms with Crippen LogP contribution in [0, 0.1) is 19.8 Å². The molecule has 1 aliphatic heterocycles. The van der Waals surface area contributed by atoms with Gasteiger partial charge in [0.05, 0.1) is 4.90 Å². The second-order valence-corrected chi connectivity index (χ2v) is 10.9. The van der Waals surface area contributed by atoms with Crippen molar-refractivity contribution < 1.29 is 17.6 Å². The van der Waals surface area contributed by atoms with E-state index in [2.05, 4.69) is 15.5 Å². The van der Waals surface area contributed by atoms with Crippen LogP contribution >= 0.6 is 11.8 Å². The molecular formula is C23H26N4O4S2. The quantitative estimate of drug-likeness (QED) is 0.523. The summed E-state index contributed by atoms with van der Waals surface area (Å²) < 4.78 is 33.0. The number of thioether (sulfide) groups is 1. The fourth-order valence-electron chi connectivity index (χ4n) is 3.81. The first-order valence-corrected chi connectivity index (χ1v) is 13.3. The number of hydrogen-bond acceptors (Lipinski definition) is 7. The van der Waals surface area contributed by atoms with Crippen LogP contribution in [0.5, 0.6) is 0 Å². The zero-order valence-electron chi connectivity index (χ0n) is 18.7. The Bertz CT molecular complexity index is 1250. The molecule has 0 radical (unpaired) electrons. The maximum absolute atomic E-state index is 12.9. The van der Waals surface area contributed by atoms with Gasteiger partial charge in [0.2, 0.25) is 21.8 Å². The zero-order valence-corrected chi connectivity index (χ0v) is 20.4. The molecule has 0 bridgehead atoms. The standard InChI is InChI=1S/C23H26N4O4S2/c1-15-4-5-16(2)20(14-15)22-25-26-23(31-22)24-21(28)17-10-12-27(13-11-17)33(29,30)19-8-6-18(32-3)7-9-19/h4-9,14,17H,10-13H2,1-3H3,(H,24,26,28). The van der Waals surface area contributed by atoms with Crippen molar-refractivity contribution in [3.05, 3.63) is 53.6 Å². The van der Waals surface area contributed by atoms with Gasteiger partial charge in [0.25, 0.3) is 0 Å². The van der Waals surface area contributed by atoms with Crippen molar-refractivity contribution in [2.45, 2.75) is 36.5 Å². The van der Waals surface area contributed by atoms with Crippen LogP contribution in [0.25, 0.3) is 11.5 Å². The highest BCUT2D eigenvalue weighted by Crippen LogP contribution is 2.28. The molecule has 1 N–H and O–H groups in total. The van der Waals surface area contributed by atoms with E-state index in [4.69, 9.17) is 4.42 Å². The summed E-state index contributed by atoms with van der Waals surface area (Å²) in [5, 5.41) is 10.7. The van der Waals surface area contributed by atoms with Gasteiger partial charge in [0, 0.05) is 29.5 Å². The van der Waals surface area contributed by atoms with Crippen LogP contribution in [0.2, 0.25) is 0 Å². The lowest BCUT2D eigenvalue weighted by molar-refractivity contribution is -0.121. The summed E-state index contributed by atoms with van der Waals surface area (Å²) in [5.41, 5.74) is 2.90. The predicted molar refractivity (Wildman–Crippen MR) is 128 cm³/mol. The molecule has 0 atom stereocenters. The summed E-state index contributed by atoms with van der Waals surface area (Å²) in [5.74, 6) is -0.223. The Balaban J connectivity index is 1.37. The topological polar surface area (TPSA) is 105 Å². The van der Waals surface area contributed by atoms with E-state index in [-0.39, 0.29) is 35.8 Å². The largest absolute Gasteiger partial charge is 0.403 e. The average molecular weight is 487 g/mol. The monoisotopic (exact) mass is 486 g/mol. The number of nitrogens with one attached hydrogen (secondary N) is 1. The van der Waals surface area contributed by atoms with Crippen molar-refractivity contribution in [3.63, 3.8) is 0 Å². The third-order valence-electron chi connectivity index (χ3n) is 5.80. The van der Waals surface area contributed by atoms with Crippen LogP contribution in [0.3, 0.4) is 0 Å². The second kappa shape index (κ2) is 9.66. The molecule has 8 nitrogen and oxygen atoms in total. The Labute approximate surface area is 197 Å². The molecule has 1 aromatic heterocycles. The molecule has 0 spiro atoms. The summed E-state index contributed by atoms with van der Waals surface area (Å²) in [6.07, 6.45) is 2.79. The van der Waals surface area contributed by atoms with Crippen molar-refractivity contribution in [1.82, 2.24) is 14.5 Å². The third-order valence-corrected chi connectivity index (χ3v) is 8.46. The zero-order chi connectivity index (χ0) is 23.6. The molecule has 174 valence electrons. The molecular weight excluding hydrogens is 460 g/mol. The van der Waals surface area contributed by atoms with Crippen LogP contribution in [-0.2, 0) is 14.8 Å². The van der Waals surface area contributed by atoms with Crippen LogP contribution in [0.1, 0.15) is 24.0 Å². The Hall–Kier alpha value is -2.69. The molecule has 1 amide bonds. The van der Waals surface area contributed by atoms with Crippen LogP contribution in [0.4, 0.5) is 6.01 Å². The summed E-state index contributed by atoms with van der Waals surface area (Å²) in [6.45, 7) is 4.49. The first-order chi connectivity index (χ1) is 15.8.